The summed E-state index contributed by atoms with van der Waals surface area (Å²) in [7, 11) is 1.80. The van der Waals surface area contributed by atoms with Crippen LogP contribution >= 0.6 is 0 Å². The van der Waals surface area contributed by atoms with Crippen LogP contribution in [-0.4, -0.2) is 12.0 Å². The van der Waals surface area contributed by atoms with E-state index in [0.717, 1.165) is 17.5 Å². The molecule has 0 spiro atoms. The lowest BCUT2D eigenvalue weighted by molar-refractivity contribution is 0.620. The molecule has 0 radical (unpaired) electrons. The average molecular weight is 206 g/mol. The summed E-state index contributed by atoms with van der Waals surface area (Å²) in [6.07, 6.45) is 0.979. The summed E-state index contributed by atoms with van der Waals surface area (Å²) in [4.78, 5) is 4.32. The lowest BCUT2D eigenvalue weighted by Crippen LogP contribution is -1.86. The van der Waals surface area contributed by atoms with Gasteiger partial charge in [-0.05, 0) is 18.1 Å². The molecule has 3 nitrogen and oxygen atoms in total. The Kier molecular flexibility index (Phi) is 4.16. The van der Waals surface area contributed by atoms with Gasteiger partial charge in [-0.15, -0.1) is 0 Å². The Labute approximate surface area is 90.5 Å². The Hall–Kier alpha value is -1.51. The number of aryl methyl sites for hydroxylation is 1. The fraction of sp³-hybridized carbons (Fsp3) is 0.417. The van der Waals surface area contributed by atoms with Gasteiger partial charge < -0.3 is 9.73 Å². The SMILES string of the molecule is CC.CCc1cccc2oc(NC)nc12. The van der Waals surface area contributed by atoms with Crippen LogP contribution in [-0.2, 0) is 6.42 Å². The number of aromatic nitrogens is 1. The summed E-state index contributed by atoms with van der Waals surface area (Å²) in [6.45, 7) is 6.11. The predicted molar refractivity (Wildman–Crippen MR) is 64.3 cm³/mol. The number of nitrogens with one attached hydrogen (secondary N) is 1. The Bertz CT molecular complexity index is 420. The highest BCUT2D eigenvalue weighted by Gasteiger charge is 2.06. The third-order valence-electron chi connectivity index (χ3n) is 2.10. The normalized spacial score (nSPS) is 9.60. The molecule has 0 aliphatic heterocycles. The van der Waals surface area contributed by atoms with Crippen molar-refractivity contribution in [3.05, 3.63) is 23.8 Å². The first kappa shape index (κ1) is 11.6. The van der Waals surface area contributed by atoms with Crippen LogP contribution in [0, 0.1) is 0 Å². The summed E-state index contributed by atoms with van der Waals surface area (Å²) in [5.41, 5.74) is 3.04. The fourth-order valence-corrected chi connectivity index (χ4v) is 1.40. The van der Waals surface area contributed by atoms with Crippen LogP contribution in [0.4, 0.5) is 6.01 Å². The number of fused-ring (bicyclic) bond motifs is 1. The van der Waals surface area contributed by atoms with E-state index < -0.39 is 0 Å². The summed E-state index contributed by atoms with van der Waals surface area (Å²) < 4.78 is 5.44. The molecule has 0 amide bonds. The first-order valence-electron chi connectivity index (χ1n) is 5.41. The van der Waals surface area contributed by atoms with Gasteiger partial charge in [0.1, 0.15) is 5.52 Å². The molecule has 3 heteroatoms. The Balaban J connectivity index is 0.000000531. The van der Waals surface area contributed by atoms with E-state index in [0.29, 0.717) is 6.01 Å². The van der Waals surface area contributed by atoms with Gasteiger partial charge in [0, 0.05) is 7.05 Å². The monoisotopic (exact) mass is 206 g/mol. The van der Waals surface area contributed by atoms with E-state index in [9.17, 15) is 0 Å². The Morgan fingerprint density at radius 3 is 2.67 bits per heavy atom. The standard InChI is InChI=1S/C10H12N2O.C2H6/c1-3-7-5-4-6-8-9(7)12-10(11-2)13-8;1-2/h4-6H,3H2,1-2H3,(H,11,12);1-2H3. The molecule has 0 aliphatic carbocycles. The highest BCUT2D eigenvalue weighted by atomic mass is 16.4. The molecular formula is C12H18N2O. The van der Waals surface area contributed by atoms with Crippen molar-refractivity contribution in [2.45, 2.75) is 27.2 Å². The number of para-hydroxylation sites is 1. The maximum Gasteiger partial charge on any atom is 0.295 e. The van der Waals surface area contributed by atoms with E-state index in [1.54, 1.807) is 7.05 Å². The highest BCUT2D eigenvalue weighted by molar-refractivity contribution is 5.78. The number of hydrogen-bond donors (Lipinski definition) is 1. The molecule has 15 heavy (non-hydrogen) atoms. The van der Waals surface area contributed by atoms with E-state index in [-0.39, 0.29) is 0 Å². The molecule has 0 saturated carbocycles. The summed E-state index contributed by atoms with van der Waals surface area (Å²) >= 11 is 0. The molecular weight excluding hydrogens is 188 g/mol. The van der Waals surface area contributed by atoms with Crippen molar-refractivity contribution in [3.8, 4) is 0 Å². The Morgan fingerprint density at radius 2 is 2.07 bits per heavy atom. The quantitative estimate of drug-likeness (QED) is 0.817. The molecule has 82 valence electrons. The van der Waals surface area contributed by atoms with Gasteiger partial charge in [0.2, 0.25) is 0 Å². The zero-order chi connectivity index (χ0) is 11.3. The number of benzene rings is 1. The van der Waals surface area contributed by atoms with Crippen molar-refractivity contribution < 1.29 is 4.42 Å². The maximum atomic E-state index is 5.44. The van der Waals surface area contributed by atoms with Crippen LogP contribution in [0.25, 0.3) is 11.1 Å². The molecule has 0 saturated heterocycles. The fourth-order valence-electron chi connectivity index (χ4n) is 1.40. The predicted octanol–water partition coefficient (Wildman–Crippen LogP) is 3.46. The van der Waals surface area contributed by atoms with Crippen LogP contribution in [0.2, 0.25) is 0 Å². The lowest BCUT2D eigenvalue weighted by atomic mass is 10.1. The van der Waals surface area contributed by atoms with E-state index in [2.05, 4.69) is 23.3 Å². The zero-order valence-electron chi connectivity index (χ0n) is 9.79. The Morgan fingerprint density at radius 1 is 1.33 bits per heavy atom. The molecule has 1 heterocycles. The smallest absolute Gasteiger partial charge is 0.295 e. The van der Waals surface area contributed by atoms with E-state index >= 15 is 0 Å². The van der Waals surface area contributed by atoms with Gasteiger partial charge in [0.05, 0.1) is 0 Å². The minimum atomic E-state index is 0.580. The highest BCUT2D eigenvalue weighted by Crippen LogP contribution is 2.21. The molecule has 2 rings (SSSR count). The molecule has 0 bridgehead atoms. The minimum absolute atomic E-state index is 0.580. The molecule has 0 atom stereocenters. The van der Waals surface area contributed by atoms with E-state index in [1.807, 2.05) is 26.0 Å². The first-order valence-corrected chi connectivity index (χ1v) is 5.41. The van der Waals surface area contributed by atoms with Crippen LogP contribution in [0.5, 0.6) is 0 Å². The molecule has 1 aromatic carbocycles. The number of nitrogens with zero attached hydrogens (tertiary/aromatic N) is 1. The lowest BCUT2D eigenvalue weighted by Gasteiger charge is -1.93. The van der Waals surface area contributed by atoms with Crippen molar-refractivity contribution in [2.75, 3.05) is 12.4 Å². The summed E-state index contributed by atoms with van der Waals surface area (Å²) in [5.74, 6) is 0. The maximum absolute atomic E-state index is 5.44. The third-order valence-corrected chi connectivity index (χ3v) is 2.10. The average Bonchev–Trinajstić information content (AvgIpc) is 2.74. The van der Waals surface area contributed by atoms with Gasteiger partial charge >= 0.3 is 0 Å². The molecule has 0 fully saturated rings. The zero-order valence-corrected chi connectivity index (χ0v) is 9.79. The number of anilines is 1. The topological polar surface area (TPSA) is 38.1 Å². The first-order chi connectivity index (χ1) is 7.35. The largest absolute Gasteiger partial charge is 0.424 e. The second-order valence-electron chi connectivity index (χ2n) is 2.89. The van der Waals surface area contributed by atoms with Crippen molar-refractivity contribution in [2.24, 2.45) is 0 Å². The van der Waals surface area contributed by atoms with Crippen LogP contribution in [0.15, 0.2) is 22.6 Å². The number of hydrogen-bond acceptors (Lipinski definition) is 3. The molecule has 0 unspecified atom stereocenters. The van der Waals surface area contributed by atoms with Crippen molar-refractivity contribution >= 4 is 17.1 Å². The molecule has 1 aromatic heterocycles. The van der Waals surface area contributed by atoms with Crippen molar-refractivity contribution in [1.82, 2.24) is 4.98 Å². The van der Waals surface area contributed by atoms with Gasteiger partial charge in [0.15, 0.2) is 5.58 Å². The van der Waals surface area contributed by atoms with Gasteiger partial charge in [0.25, 0.3) is 6.01 Å². The van der Waals surface area contributed by atoms with Crippen molar-refractivity contribution in [3.63, 3.8) is 0 Å². The van der Waals surface area contributed by atoms with E-state index in [4.69, 9.17) is 4.42 Å². The van der Waals surface area contributed by atoms with Crippen LogP contribution < -0.4 is 5.32 Å². The van der Waals surface area contributed by atoms with E-state index in [1.165, 1.54) is 5.56 Å². The van der Waals surface area contributed by atoms with Gasteiger partial charge in [-0.3, -0.25) is 0 Å². The van der Waals surface area contributed by atoms with Crippen LogP contribution in [0.3, 0.4) is 0 Å². The second-order valence-corrected chi connectivity index (χ2v) is 2.89. The number of rotatable bonds is 2. The molecule has 2 aromatic rings. The second kappa shape index (κ2) is 5.39. The minimum Gasteiger partial charge on any atom is -0.424 e. The summed E-state index contributed by atoms with van der Waals surface area (Å²) in [6, 6.07) is 6.58. The van der Waals surface area contributed by atoms with Crippen LogP contribution in [0.1, 0.15) is 26.3 Å². The number of oxazole rings is 1. The summed E-state index contributed by atoms with van der Waals surface area (Å²) in [5, 5.41) is 2.89. The molecule has 0 aliphatic rings. The van der Waals surface area contributed by atoms with Crippen molar-refractivity contribution in [1.29, 1.82) is 0 Å². The van der Waals surface area contributed by atoms with Gasteiger partial charge in [-0.2, -0.15) is 4.98 Å². The third kappa shape index (κ3) is 2.29. The molecule has 1 N–H and O–H groups in total. The van der Waals surface area contributed by atoms with Gasteiger partial charge in [-0.1, -0.05) is 32.9 Å². The van der Waals surface area contributed by atoms with Gasteiger partial charge in [-0.25, -0.2) is 0 Å².